The molecule has 0 saturated heterocycles. The van der Waals surface area contributed by atoms with Crippen molar-refractivity contribution < 1.29 is 19.1 Å². The van der Waals surface area contributed by atoms with Crippen molar-refractivity contribution in [2.45, 2.75) is 19.9 Å². The van der Waals surface area contributed by atoms with Gasteiger partial charge in [-0.3, -0.25) is 4.79 Å². The third-order valence-electron chi connectivity index (χ3n) is 2.63. The van der Waals surface area contributed by atoms with Crippen LogP contribution in [0.15, 0.2) is 6.20 Å². The van der Waals surface area contributed by atoms with Crippen LogP contribution in [0.1, 0.15) is 21.6 Å². The summed E-state index contributed by atoms with van der Waals surface area (Å²) in [6.07, 6.45) is 1.94. The molecule has 18 heavy (non-hydrogen) atoms. The van der Waals surface area contributed by atoms with E-state index in [-0.39, 0.29) is 12.4 Å². The van der Waals surface area contributed by atoms with E-state index in [9.17, 15) is 9.59 Å². The van der Waals surface area contributed by atoms with Crippen molar-refractivity contribution >= 4 is 34.5 Å². The first kappa shape index (κ1) is 15.0. The van der Waals surface area contributed by atoms with Crippen LogP contribution < -0.4 is 0 Å². The minimum atomic E-state index is -0.418. The summed E-state index contributed by atoms with van der Waals surface area (Å²) in [4.78, 5) is 23.2. The van der Waals surface area contributed by atoms with Gasteiger partial charge >= 0.3 is 11.9 Å². The zero-order chi connectivity index (χ0) is 13.7. The molecule has 1 aromatic heterocycles. The molecule has 100 valence electrons. The Kier molecular flexibility index (Phi) is 5.64. The van der Waals surface area contributed by atoms with E-state index in [0.717, 1.165) is 16.5 Å². The summed E-state index contributed by atoms with van der Waals surface area (Å²) >= 11 is 2.25. The van der Waals surface area contributed by atoms with Crippen LogP contribution in [-0.2, 0) is 27.2 Å². The summed E-state index contributed by atoms with van der Waals surface area (Å²) in [5.41, 5.74) is 1.93. The molecule has 6 heteroatoms. The average molecular weight is 365 g/mol. The van der Waals surface area contributed by atoms with Crippen molar-refractivity contribution in [2.24, 2.45) is 0 Å². The third kappa shape index (κ3) is 3.24. The topological polar surface area (TPSA) is 57.5 Å². The predicted octanol–water partition coefficient (Wildman–Crippen LogP) is 1.73. The number of carbonyl (C=O) groups excluding carboxylic acids is 2. The molecule has 1 rings (SSSR count). The van der Waals surface area contributed by atoms with Crippen LogP contribution in [0.4, 0.5) is 0 Å². The SMILES string of the molecule is COC(=O)Cc1c(C(=O)OC)c(C)cn1CCI. The van der Waals surface area contributed by atoms with E-state index in [0.29, 0.717) is 11.3 Å². The Morgan fingerprint density at radius 2 is 2.00 bits per heavy atom. The van der Waals surface area contributed by atoms with E-state index in [1.54, 1.807) is 0 Å². The van der Waals surface area contributed by atoms with E-state index in [4.69, 9.17) is 4.74 Å². The highest BCUT2D eigenvalue weighted by Gasteiger charge is 2.22. The van der Waals surface area contributed by atoms with E-state index < -0.39 is 5.97 Å². The molecule has 0 saturated carbocycles. The van der Waals surface area contributed by atoms with E-state index >= 15 is 0 Å². The lowest BCUT2D eigenvalue weighted by Crippen LogP contribution is -2.15. The largest absolute Gasteiger partial charge is 0.469 e. The van der Waals surface area contributed by atoms with Crippen LogP contribution in [0.2, 0.25) is 0 Å². The highest BCUT2D eigenvalue weighted by atomic mass is 127. The molecule has 0 N–H and O–H groups in total. The van der Waals surface area contributed by atoms with E-state index in [1.807, 2.05) is 17.7 Å². The van der Waals surface area contributed by atoms with Gasteiger partial charge < -0.3 is 14.0 Å². The molecule has 1 heterocycles. The molecule has 0 aliphatic rings. The van der Waals surface area contributed by atoms with Crippen LogP contribution in [0, 0.1) is 6.92 Å². The number of methoxy groups -OCH3 is 2. The van der Waals surface area contributed by atoms with Crippen molar-refractivity contribution in [2.75, 3.05) is 18.6 Å². The number of hydrogen-bond acceptors (Lipinski definition) is 4. The Morgan fingerprint density at radius 3 is 2.50 bits per heavy atom. The van der Waals surface area contributed by atoms with Crippen molar-refractivity contribution in [3.8, 4) is 0 Å². The van der Waals surface area contributed by atoms with Gasteiger partial charge in [-0.25, -0.2) is 4.79 Å². The number of esters is 2. The van der Waals surface area contributed by atoms with Gasteiger partial charge in [0.05, 0.1) is 26.2 Å². The summed E-state index contributed by atoms with van der Waals surface area (Å²) in [5, 5.41) is 0. The highest BCUT2D eigenvalue weighted by Crippen LogP contribution is 2.19. The molecule has 0 fully saturated rings. The fourth-order valence-corrected chi connectivity index (χ4v) is 2.34. The second-order valence-electron chi connectivity index (χ2n) is 3.76. The third-order valence-corrected chi connectivity index (χ3v) is 3.12. The maximum Gasteiger partial charge on any atom is 0.339 e. The quantitative estimate of drug-likeness (QED) is 0.453. The van der Waals surface area contributed by atoms with Crippen LogP contribution in [0.25, 0.3) is 0 Å². The van der Waals surface area contributed by atoms with Gasteiger partial charge in [0, 0.05) is 22.9 Å². The van der Waals surface area contributed by atoms with Gasteiger partial charge in [-0.1, -0.05) is 22.6 Å². The summed E-state index contributed by atoms with van der Waals surface area (Å²) in [5.74, 6) is -0.786. The molecule has 0 aliphatic heterocycles. The van der Waals surface area contributed by atoms with Crippen molar-refractivity contribution in [1.82, 2.24) is 4.57 Å². The molecule has 0 atom stereocenters. The molecule has 0 bridgehead atoms. The number of ether oxygens (including phenoxy) is 2. The number of aryl methyl sites for hydroxylation is 2. The highest BCUT2D eigenvalue weighted by molar-refractivity contribution is 14.1. The van der Waals surface area contributed by atoms with Crippen LogP contribution >= 0.6 is 22.6 Å². The molecule has 0 spiro atoms. The zero-order valence-electron chi connectivity index (χ0n) is 10.7. The minimum absolute atomic E-state index is 0.0748. The van der Waals surface area contributed by atoms with Gasteiger partial charge in [0.1, 0.15) is 0 Å². The second kappa shape index (κ2) is 6.77. The van der Waals surface area contributed by atoms with Crippen molar-refractivity contribution in [3.05, 3.63) is 23.0 Å². The first-order valence-electron chi connectivity index (χ1n) is 5.44. The van der Waals surface area contributed by atoms with Crippen LogP contribution in [0.5, 0.6) is 0 Å². The number of hydrogen-bond donors (Lipinski definition) is 0. The minimum Gasteiger partial charge on any atom is -0.469 e. The Bertz CT molecular complexity index is 453. The molecule has 0 unspecified atom stereocenters. The number of halogens is 1. The van der Waals surface area contributed by atoms with Gasteiger partial charge in [0.15, 0.2) is 0 Å². The van der Waals surface area contributed by atoms with Crippen LogP contribution in [0.3, 0.4) is 0 Å². The molecule has 0 aromatic carbocycles. The van der Waals surface area contributed by atoms with Crippen molar-refractivity contribution in [3.63, 3.8) is 0 Å². The number of nitrogens with zero attached hydrogens (tertiary/aromatic N) is 1. The maximum atomic E-state index is 11.8. The standard InChI is InChI=1S/C12H16INO4/c1-8-7-14(5-4-13)9(6-10(15)17-2)11(8)12(16)18-3/h7H,4-6H2,1-3H3. The number of carbonyl (C=O) groups is 2. The first-order valence-corrected chi connectivity index (χ1v) is 6.97. The van der Waals surface area contributed by atoms with Crippen LogP contribution in [-0.4, -0.2) is 35.2 Å². The summed E-state index contributed by atoms with van der Waals surface area (Å²) in [6.45, 7) is 2.57. The molecule has 5 nitrogen and oxygen atoms in total. The number of alkyl halides is 1. The van der Waals surface area contributed by atoms with E-state index in [1.165, 1.54) is 14.2 Å². The average Bonchev–Trinajstić information content (AvgIpc) is 2.65. The predicted molar refractivity (Wildman–Crippen MR) is 75.1 cm³/mol. The van der Waals surface area contributed by atoms with Gasteiger partial charge in [0.25, 0.3) is 0 Å². The van der Waals surface area contributed by atoms with Gasteiger partial charge in [0.2, 0.25) is 0 Å². The normalized spacial score (nSPS) is 10.2. The Labute approximate surface area is 120 Å². The molecule has 0 aliphatic carbocycles. The number of rotatable bonds is 5. The summed E-state index contributed by atoms with van der Waals surface area (Å²) < 4.78 is 12.2. The first-order chi connectivity index (χ1) is 8.54. The molecule has 0 radical (unpaired) electrons. The fourth-order valence-electron chi connectivity index (χ4n) is 1.82. The monoisotopic (exact) mass is 365 g/mol. The maximum absolute atomic E-state index is 11.8. The molecular formula is C12H16INO4. The molecule has 1 aromatic rings. The van der Waals surface area contributed by atoms with Gasteiger partial charge in [-0.2, -0.15) is 0 Å². The van der Waals surface area contributed by atoms with Crippen molar-refractivity contribution in [1.29, 1.82) is 0 Å². The van der Waals surface area contributed by atoms with Gasteiger partial charge in [-0.05, 0) is 12.5 Å². The number of aromatic nitrogens is 1. The molecule has 0 amide bonds. The fraction of sp³-hybridized carbons (Fsp3) is 0.500. The lowest BCUT2D eigenvalue weighted by atomic mass is 10.1. The van der Waals surface area contributed by atoms with Gasteiger partial charge in [-0.15, -0.1) is 0 Å². The summed E-state index contributed by atoms with van der Waals surface area (Å²) in [7, 11) is 2.66. The lowest BCUT2D eigenvalue weighted by Gasteiger charge is -2.08. The van der Waals surface area contributed by atoms with E-state index in [2.05, 4.69) is 27.3 Å². The Balaban J connectivity index is 3.21. The second-order valence-corrected chi connectivity index (χ2v) is 4.84. The Morgan fingerprint density at radius 1 is 1.33 bits per heavy atom. The lowest BCUT2D eigenvalue weighted by molar-refractivity contribution is -0.139. The smallest absolute Gasteiger partial charge is 0.339 e. The molecular weight excluding hydrogens is 349 g/mol. The Hall–Kier alpha value is -1.05. The summed E-state index contributed by atoms with van der Waals surface area (Å²) in [6, 6.07) is 0. The zero-order valence-corrected chi connectivity index (χ0v) is 12.8.